The van der Waals surface area contributed by atoms with Crippen molar-refractivity contribution in [1.82, 2.24) is 4.98 Å². The lowest BCUT2D eigenvalue weighted by Gasteiger charge is -2.11. The van der Waals surface area contributed by atoms with Gasteiger partial charge in [-0.15, -0.1) is 0 Å². The third-order valence-electron chi connectivity index (χ3n) is 2.72. The molecule has 0 atom stereocenters. The zero-order chi connectivity index (χ0) is 12.4. The Labute approximate surface area is 101 Å². The number of ether oxygens (including phenoxy) is 1. The summed E-state index contributed by atoms with van der Waals surface area (Å²) in [5.41, 5.74) is 9.13. The van der Waals surface area contributed by atoms with Crippen LogP contribution < -0.4 is 10.5 Å². The normalized spacial score (nSPS) is 10.3. The summed E-state index contributed by atoms with van der Waals surface area (Å²) in [6, 6.07) is 9.51. The van der Waals surface area contributed by atoms with Gasteiger partial charge in [-0.1, -0.05) is 12.1 Å². The first kappa shape index (κ1) is 11.5. The Hall–Kier alpha value is -2.03. The van der Waals surface area contributed by atoms with Gasteiger partial charge in [-0.05, 0) is 49.6 Å². The molecule has 0 bridgehead atoms. The third-order valence-corrected chi connectivity index (χ3v) is 2.72. The van der Waals surface area contributed by atoms with E-state index in [2.05, 4.69) is 18.0 Å². The lowest BCUT2D eigenvalue weighted by atomic mass is 10.1. The molecule has 2 aromatic rings. The van der Waals surface area contributed by atoms with Crippen LogP contribution in [0, 0.1) is 20.8 Å². The quantitative estimate of drug-likeness (QED) is 0.857. The van der Waals surface area contributed by atoms with Crippen LogP contribution in [0.4, 0.5) is 5.82 Å². The number of hydrogen-bond donors (Lipinski definition) is 1. The van der Waals surface area contributed by atoms with Crippen molar-refractivity contribution in [3.8, 4) is 11.6 Å². The second-order valence-electron chi connectivity index (χ2n) is 4.21. The number of benzene rings is 1. The van der Waals surface area contributed by atoms with E-state index in [4.69, 9.17) is 10.5 Å². The summed E-state index contributed by atoms with van der Waals surface area (Å²) >= 11 is 0. The first-order valence-electron chi connectivity index (χ1n) is 5.54. The highest BCUT2D eigenvalue weighted by Gasteiger charge is 2.06. The van der Waals surface area contributed by atoms with Crippen molar-refractivity contribution < 1.29 is 4.74 Å². The van der Waals surface area contributed by atoms with E-state index in [-0.39, 0.29) is 0 Å². The molecule has 17 heavy (non-hydrogen) atoms. The van der Waals surface area contributed by atoms with Crippen LogP contribution in [0.25, 0.3) is 0 Å². The molecule has 0 spiro atoms. The molecule has 0 saturated heterocycles. The topological polar surface area (TPSA) is 48.1 Å². The van der Waals surface area contributed by atoms with Crippen LogP contribution in [-0.4, -0.2) is 4.98 Å². The van der Waals surface area contributed by atoms with Gasteiger partial charge >= 0.3 is 0 Å². The summed E-state index contributed by atoms with van der Waals surface area (Å²) in [5.74, 6) is 1.82. The average molecular weight is 228 g/mol. The fourth-order valence-corrected chi connectivity index (χ4v) is 1.71. The molecule has 3 heteroatoms. The second kappa shape index (κ2) is 4.45. The molecule has 1 aromatic carbocycles. The van der Waals surface area contributed by atoms with Gasteiger partial charge in [0.1, 0.15) is 11.6 Å². The lowest BCUT2D eigenvalue weighted by molar-refractivity contribution is 0.459. The van der Waals surface area contributed by atoms with Gasteiger partial charge in [0.25, 0.3) is 0 Å². The highest BCUT2D eigenvalue weighted by Crippen LogP contribution is 2.27. The summed E-state index contributed by atoms with van der Waals surface area (Å²) < 4.78 is 5.76. The number of aryl methyl sites for hydroxylation is 2. The molecule has 1 heterocycles. The summed E-state index contributed by atoms with van der Waals surface area (Å²) in [6.45, 7) is 6.16. The Kier molecular flexibility index (Phi) is 3.00. The molecule has 2 N–H and O–H groups in total. The maximum absolute atomic E-state index is 5.76. The number of hydrogen-bond acceptors (Lipinski definition) is 3. The molecule has 3 nitrogen and oxygen atoms in total. The fraction of sp³-hybridized carbons (Fsp3) is 0.214. The molecule has 0 radical (unpaired) electrons. The Morgan fingerprint density at radius 1 is 1.12 bits per heavy atom. The van der Waals surface area contributed by atoms with Gasteiger partial charge in [-0.2, -0.15) is 4.98 Å². The first-order chi connectivity index (χ1) is 8.06. The van der Waals surface area contributed by atoms with Crippen molar-refractivity contribution in [1.29, 1.82) is 0 Å². The van der Waals surface area contributed by atoms with Crippen LogP contribution >= 0.6 is 0 Å². The van der Waals surface area contributed by atoms with Crippen LogP contribution in [0.3, 0.4) is 0 Å². The van der Waals surface area contributed by atoms with Gasteiger partial charge in [0, 0.05) is 6.07 Å². The minimum atomic E-state index is 0.463. The van der Waals surface area contributed by atoms with E-state index in [0.29, 0.717) is 11.7 Å². The molecular formula is C14H16N2O. The summed E-state index contributed by atoms with van der Waals surface area (Å²) in [4.78, 5) is 4.12. The van der Waals surface area contributed by atoms with Crippen LogP contribution in [0.5, 0.6) is 11.6 Å². The average Bonchev–Trinajstić information content (AvgIpc) is 2.25. The summed E-state index contributed by atoms with van der Waals surface area (Å²) in [6.07, 6.45) is 0. The predicted octanol–water partition coefficient (Wildman–Crippen LogP) is 3.38. The number of nitrogen functional groups attached to an aromatic ring is 1. The number of rotatable bonds is 2. The Bertz CT molecular complexity index is 550. The lowest BCUT2D eigenvalue weighted by Crippen LogP contribution is -1.95. The van der Waals surface area contributed by atoms with Crippen molar-refractivity contribution in [3.63, 3.8) is 0 Å². The molecular weight excluding hydrogens is 212 g/mol. The molecule has 0 amide bonds. The first-order valence-corrected chi connectivity index (χ1v) is 5.54. The minimum Gasteiger partial charge on any atom is -0.439 e. The molecule has 1 aromatic heterocycles. The molecule has 0 aliphatic carbocycles. The smallest absolute Gasteiger partial charge is 0.221 e. The monoisotopic (exact) mass is 228 g/mol. The van der Waals surface area contributed by atoms with Gasteiger partial charge in [0.05, 0.1) is 0 Å². The Balaban J connectivity index is 2.36. The number of nitrogens with zero attached hydrogens (tertiary/aromatic N) is 1. The zero-order valence-electron chi connectivity index (χ0n) is 10.3. The summed E-state index contributed by atoms with van der Waals surface area (Å²) in [5, 5.41) is 0. The largest absolute Gasteiger partial charge is 0.439 e. The van der Waals surface area contributed by atoms with Crippen LogP contribution in [-0.2, 0) is 0 Å². The third kappa shape index (κ3) is 2.56. The second-order valence-corrected chi connectivity index (χ2v) is 4.21. The van der Waals surface area contributed by atoms with E-state index < -0.39 is 0 Å². The van der Waals surface area contributed by atoms with Gasteiger partial charge < -0.3 is 10.5 Å². The van der Waals surface area contributed by atoms with E-state index in [0.717, 1.165) is 11.3 Å². The van der Waals surface area contributed by atoms with Crippen molar-refractivity contribution in [3.05, 3.63) is 47.0 Å². The van der Waals surface area contributed by atoms with E-state index >= 15 is 0 Å². The number of aromatic nitrogens is 1. The van der Waals surface area contributed by atoms with Gasteiger partial charge in [0.15, 0.2) is 0 Å². The maximum Gasteiger partial charge on any atom is 0.221 e. The van der Waals surface area contributed by atoms with Crippen molar-refractivity contribution >= 4 is 5.82 Å². The van der Waals surface area contributed by atoms with Gasteiger partial charge in [-0.3, -0.25) is 0 Å². The van der Waals surface area contributed by atoms with Crippen LogP contribution in [0.1, 0.15) is 16.7 Å². The van der Waals surface area contributed by atoms with Gasteiger partial charge in [0.2, 0.25) is 5.88 Å². The molecule has 0 aliphatic heterocycles. The van der Waals surface area contributed by atoms with Crippen LogP contribution in [0.15, 0.2) is 30.3 Å². The Morgan fingerprint density at radius 3 is 2.59 bits per heavy atom. The Morgan fingerprint density at radius 2 is 1.88 bits per heavy atom. The summed E-state index contributed by atoms with van der Waals surface area (Å²) in [7, 11) is 0. The van der Waals surface area contributed by atoms with Gasteiger partial charge in [-0.25, -0.2) is 0 Å². The minimum absolute atomic E-state index is 0.463. The highest BCUT2D eigenvalue weighted by molar-refractivity contribution is 5.44. The predicted molar refractivity (Wildman–Crippen MR) is 69.4 cm³/mol. The van der Waals surface area contributed by atoms with E-state index in [1.165, 1.54) is 11.1 Å². The molecule has 88 valence electrons. The van der Waals surface area contributed by atoms with E-state index in [9.17, 15) is 0 Å². The van der Waals surface area contributed by atoms with E-state index in [1.54, 1.807) is 12.1 Å². The zero-order valence-corrected chi connectivity index (χ0v) is 10.3. The molecule has 0 aliphatic rings. The number of anilines is 1. The molecule has 0 saturated carbocycles. The molecule has 2 rings (SSSR count). The SMILES string of the molecule is Cc1cc(C)c(C)c(Oc2cccc(N)n2)c1. The number of nitrogens with two attached hydrogens (primary N) is 1. The van der Waals surface area contributed by atoms with Crippen molar-refractivity contribution in [2.75, 3.05) is 5.73 Å². The number of pyridine rings is 1. The fourth-order valence-electron chi connectivity index (χ4n) is 1.71. The van der Waals surface area contributed by atoms with Crippen molar-refractivity contribution in [2.24, 2.45) is 0 Å². The maximum atomic E-state index is 5.76. The molecule has 0 fully saturated rings. The highest BCUT2D eigenvalue weighted by atomic mass is 16.5. The van der Waals surface area contributed by atoms with Crippen LogP contribution in [0.2, 0.25) is 0 Å². The standard InChI is InChI=1S/C14H16N2O/c1-9-7-10(2)11(3)12(8-9)17-14-6-4-5-13(15)16-14/h4-8H,1-3H3,(H2,15,16). The van der Waals surface area contributed by atoms with Crippen molar-refractivity contribution in [2.45, 2.75) is 20.8 Å². The van der Waals surface area contributed by atoms with E-state index in [1.807, 2.05) is 26.0 Å². The molecule has 0 unspecified atom stereocenters.